The normalized spacial score (nSPS) is 25.3. The lowest BCUT2D eigenvalue weighted by Crippen LogP contribution is -2.28. The molecular formula is C16H19ClN2O2. The molecule has 0 atom stereocenters. The second kappa shape index (κ2) is 6.44. The third kappa shape index (κ3) is 3.54. The molecule has 5 heteroatoms. The largest absolute Gasteiger partial charge is 0.270 e. The minimum atomic E-state index is -0.456. The van der Waals surface area contributed by atoms with Crippen LogP contribution in [0.25, 0.3) is 0 Å². The fourth-order valence-electron chi connectivity index (χ4n) is 3.12. The molecule has 4 nitrogen and oxygen atoms in total. The number of halogens is 1. The van der Waals surface area contributed by atoms with E-state index in [-0.39, 0.29) is 11.1 Å². The van der Waals surface area contributed by atoms with Gasteiger partial charge in [-0.1, -0.05) is 31.0 Å². The van der Waals surface area contributed by atoms with Gasteiger partial charge in [0.2, 0.25) is 0 Å². The first-order valence-corrected chi connectivity index (χ1v) is 7.71. The Morgan fingerprint density at radius 2 is 2.14 bits per heavy atom. The molecule has 0 spiro atoms. The Hall–Kier alpha value is -1.60. The molecule has 1 fully saturated rings. The van der Waals surface area contributed by atoms with E-state index in [0.717, 1.165) is 37.2 Å². The molecule has 1 aliphatic carbocycles. The highest BCUT2D eigenvalue weighted by Gasteiger charge is 2.35. The average molecular weight is 307 g/mol. The summed E-state index contributed by atoms with van der Waals surface area (Å²) in [4.78, 5) is 10.3. The molecule has 0 unspecified atom stereocenters. The summed E-state index contributed by atoms with van der Waals surface area (Å²) in [6.45, 7) is 2.19. The van der Waals surface area contributed by atoms with Crippen molar-refractivity contribution in [3.05, 3.63) is 38.9 Å². The maximum absolute atomic E-state index is 10.7. The van der Waals surface area contributed by atoms with Crippen LogP contribution in [0, 0.1) is 32.8 Å². The molecular weight excluding hydrogens is 288 g/mol. The molecule has 0 aromatic heterocycles. The number of non-ortho nitro benzene ring substituents is 1. The van der Waals surface area contributed by atoms with Crippen molar-refractivity contribution >= 4 is 17.3 Å². The van der Waals surface area contributed by atoms with Crippen LogP contribution >= 0.6 is 11.6 Å². The molecule has 1 aliphatic rings. The van der Waals surface area contributed by atoms with Crippen LogP contribution < -0.4 is 0 Å². The summed E-state index contributed by atoms with van der Waals surface area (Å²) in [5, 5.41) is 20.7. The molecule has 0 heterocycles. The van der Waals surface area contributed by atoms with Gasteiger partial charge in [-0.15, -0.1) is 0 Å². The van der Waals surface area contributed by atoms with Crippen LogP contribution in [0.5, 0.6) is 0 Å². The van der Waals surface area contributed by atoms with E-state index in [1.54, 1.807) is 6.07 Å². The van der Waals surface area contributed by atoms with Gasteiger partial charge in [-0.25, -0.2) is 0 Å². The molecule has 0 bridgehead atoms. The van der Waals surface area contributed by atoms with Gasteiger partial charge in [0.1, 0.15) is 0 Å². The van der Waals surface area contributed by atoms with Gasteiger partial charge in [-0.05, 0) is 43.6 Å². The maximum atomic E-state index is 10.7. The van der Waals surface area contributed by atoms with Gasteiger partial charge in [0, 0.05) is 12.1 Å². The van der Waals surface area contributed by atoms with Gasteiger partial charge in [0.15, 0.2) is 0 Å². The predicted molar refractivity (Wildman–Crippen MR) is 82.1 cm³/mol. The van der Waals surface area contributed by atoms with E-state index in [0.29, 0.717) is 11.4 Å². The van der Waals surface area contributed by atoms with Gasteiger partial charge in [-0.2, -0.15) is 5.26 Å². The van der Waals surface area contributed by atoms with Crippen molar-refractivity contribution in [2.24, 2.45) is 11.3 Å². The fraction of sp³-hybridized carbons (Fsp3) is 0.562. The third-order valence-electron chi connectivity index (χ3n) is 4.65. The smallest absolute Gasteiger partial charge is 0.258 e. The molecule has 0 aliphatic heterocycles. The van der Waals surface area contributed by atoms with Crippen molar-refractivity contribution in [3.63, 3.8) is 0 Å². The van der Waals surface area contributed by atoms with Crippen molar-refractivity contribution in [2.75, 3.05) is 0 Å². The summed E-state index contributed by atoms with van der Waals surface area (Å²) >= 11 is 6.15. The Morgan fingerprint density at radius 3 is 2.62 bits per heavy atom. The maximum Gasteiger partial charge on any atom is 0.270 e. The van der Waals surface area contributed by atoms with E-state index in [2.05, 4.69) is 13.0 Å². The zero-order valence-electron chi connectivity index (χ0n) is 12.1. The topological polar surface area (TPSA) is 66.9 Å². The summed E-state index contributed by atoms with van der Waals surface area (Å²) in [5.41, 5.74) is 0.453. The minimum Gasteiger partial charge on any atom is -0.258 e. The van der Waals surface area contributed by atoms with E-state index in [1.807, 2.05) is 0 Å². The number of nitro benzene ring substituents is 1. The van der Waals surface area contributed by atoms with Crippen molar-refractivity contribution in [1.82, 2.24) is 0 Å². The second-order valence-electron chi connectivity index (χ2n) is 5.95. The first kappa shape index (κ1) is 15.8. The van der Waals surface area contributed by atoms with Gasteiger partial charge in [-0.3, -0.25) is 10.1 Å². The van der Waals surface area contributed by atoms with Crippen LogP contribution in [-0.4, -0.2) is 4.92 Å². The second-order valence-corrected chi connectivity index (χ2v) is 6.36. The Bertz CT molecular complexity index is 572. The third-order valence-corrected chi connectivity index (χ3v) is 5.00. The number of benzene rings is 1. The van der Waals surface area contributed by atoms with E-state index in [4.69, 9.17) is 11.6 Å². The predicted octanol–water partition coefficient (Wildman–Crippen LogP) is 4.90. The molecule has 0 N–H and O–H groups in total. The monoisotopic (exact) mass is 306 g/mol. The number of nitro groups is 1. The van der Waals surface area contributed by atoms with E-state index in [1.165, 1.54) is 18.6 Å². The number of hydrogen-bond donors (Lipinski definition) is 0. The Labute approximate surface area is 129 Å². The van der Waals surface area contributed by atoms with Crippen LogP contribution in [0.1, 0.15) is 44.6 Å². The van der Waals surface area contributed by atoms with E-state index >= 15 is 0 Å². The number of nitriles is 1. The lowest BCUT2D eigenvalue weighted by Gasteiger charge is -2.35. The van der Waals surface area contributed by atoms with Crippen LogP contribution in [0.4, 0.5) is 5.69 Å². The SMILES string of the molecule is CCC1CCC(C#N)(Cc2ccc([N+](=O)[O-])cc2Cl)CC1. The Morgan fingerprint density at radius 1 is 1.48 bits per heavy atom. The lowest BCUT2D eigenvalue weighted by atomic mass is 9.68. The zero-order chi connectivity index (χ0) is 15.5. The first-order valence-electron chi connectivity index (χ1n) is 7.34. The van der Waals surface area contributed by atoms with Gasteiger partial charge >= 0.3 is 0 Å². The van der Waals surface area contributed by atoms with Crippen LogP contribution in [0.3, 0.4) is 0 Å². The van der Waals surface area contributed by atoms with Crippen molar-refractivity contribution < 1.29 is 4.92 Å². The highest BCUT2D eigenvalue weighted by Crippen LogP contribution is 2.43. The van der Waals surface area contributed by atoms with E-state index < -0.39 is 4.92 Å². The Kier molecular flexibility index (Phi) is 4.84. The summed E-state index contributed by atoms with van der Waals surface area (Å²) in [5.74, 6) is 0.721. The fourth-order valence-corrected chi connectivity index (χ4v) is 3.37. The lowest BCUT2D eigenvalue weighted by molar-refractivity contribution is -0.384. The Balaban J connectivity index is 2.16. The van der Waals surface area contributed by atoms with Gasteiger partial charge in [0.25, 0.3) is 5.69 Å². The summed E-state index contributed by atoms with van der Waals surface area (Å²) < 4.78 is 0. The molecule has 21 heavy (non-hydrogen) atoms. The molecule has 112 valence electrons. The quantitative estimate of drug-likeness (QED) is 0.587. The summed E-state index contributed by atoms with van der Waals surface area (Å²) in [6, 6.07) is 7.01. The van der Waals surface area contributed by atoms with Crippen molar-refractivity contribution in [3.8, 4) is 6.07 Å². The zero-order valence-corrected chi connectivity index (χ0v) is 12.9. The summed E-state index contributed by atoms with van der Waals surface area (Å²) in [7, 11) is 0. The molecule has 0 amide bonds. The van der Waals surface area contributed by atoms with Gasteiger partial charge < -0.3 is 0 Å². The van der Waals surface area contributed by atoms with Crippen LogP contribution in [0.2, 0.25) is 5.02 Å². The molecule has 1 aromatic carbocycles. The minimum absolute atomic E-state index is 0.00977. The molecule has 0 saturated heterocycles. The molecule has 1 aromatic rings. The average Bonchev–Trinajstić information content (AvgIpc) is 2.50. The molecule has 0 radical (unpaired) electrons. The molecule has 1 saturated carbocycles. The van der Waals surface area contributed by atoms with Crippen molar-refractivity contribution in [2.45, 2.75) is 45.4 Å². The highest BCUT2D eigenvalue weighted by atomic mass is 35.5. The summed E-state index contributed by atoms with van der Waals surface area (Å²) in [6.07, 6.45) is 5.67. The van der Waals surface area contributed by atoms with Crippen LogP contribution in [0.15, 0.2) is 18.2 Å². The number of nitrogens with zero attached hydrogens (tertiary/aromatic N) is 2. The highest BCUT2D eigenvalue weighted by molar-refractivity contribution is 6.31. The molecule has 2 rings (SSSR count). The standard InChI is InChI=1S/C16H19ClN2O2/c1-2-12-5-7-16(11-18,8-6-12)10-13-3-4-14(19(20)21)9-15(13)17/h3-4,9,12H,2,5-8,10H2,1H3. The number of rotatable bonds is 4. The first-order chi connectivity index (χ1) is 9.99. The van der Waals surface area contributed by atoms with Crippen LogP contribution in [-0.2, 0) is 6.42 Å². The van der Waals surface area contributed by atoms with E-state index in [9.17, 15) is 15.4 Å². The van der Waals surface area contributed by atoms with Gasteiger partial charge in [0.05, 0.1) is 21.4 Å². The number of hydrogen-bond acceptors (Lipinski definition) is 3. The van der Waals surface area contributed by atoms with Crippen molar-refractivity contribution in [1.29, 1.82) is 5.26 Å².